The molecule has 27 heavy (non-hydrogen) atoms. The van der Waals surface area contributed by atoms with E-state index in [2.05, 4.69) is 15.9 Å². The van der Waals surface area contributed by atoms with Gasteiger partial charge in [-0.05, 0) is 11.1 Å². The molecule has 1 unspecified atom stereocenters. The predicted molar refractivity (Wildman–Crippen MR) is 108 cm³/mol. The molecule has 138 valence electrons. The number of carbonyl (C=O) groups is 2. The maximum Gasteiger partial charge on any atom is 0.356 e. The standard InChI is InChI=1S/C20H17BrN2O3S/c21-14-11-27-19-15(22)18(24)23(19)16(14)20(25)26-17(12-7-3-1-4-8-12)13-9-5-2-6-10-13/h1-10,15,17,19H,11,22H2/t15?,19-/m1/s1. The molecule has 0 saturated carbocycles. The molecule has 1 saturated heterocycles. The van der Waals surface area contributed by atoms with Crippen LogP contribution in [0.3, 0.4) is 0 Å². The van der Waals surface area contributed by atoms with E-state index < -0.39 is 18.1 Å². The van der Waals surface area contributed by atoms with Gasteiger partial charge in [0.05, 0.1) is 0 Å². The second-order valence-electron chi connectivity index (χ2n) is 6.30. The molecule has 4 rings (SSSR count). The summed E-state index contributed by atoms with van der Waals surface area (Å²) in [6.07, 6.45) is -0.564. The normalized spacial score (nSPS) is 21.7. The number of amides is 1. The molecule has 5 nitrogen and oxygen atoms in total. The zero-order valence-corrected chi connectivity index (χ0v) is 16.7. The Hall–Kier alpha value is -2.09. The summed E-state index contributed by atoms with van der Waals surface area (Å²) >= 11 is 4.96. The molecule has 2 aliphatic heterocycles. The average Bonchev–Trinajstić information content (AvgIpc) is 2.72. The van der Waals surface area contributed by atoms with Gasteiger partial charge in [0, 0.05) is 10.2 Å². The van der Waals surface area contributed by atoms with Gasteiger partial charge in [0.2, 0.25) is 5.91 Å². The first kappa shape index (κ1) is 18.3. The molecule has 1 amide bonds. The third kappa shape index (κ3) is 3.31. The van der Waals surface area contributed by atoms with Crippen molar-refractivity contribution < 1.29 is 14.3 Å². The van der Waals surface area contributed by atoms with E-state index in [0.717, 1.165) is 11.1 Å². The molecule has 0 aliphatic carbocycles. The largest absolute Gasteiger partial charge is 0.448 e. The van der Waals surface area contributed by atoms with E-state index in [0.29, 0.717) is 10.2 Å². The van der Waals surface area contributed by atoms with Crippen LogP contribution in [0.1, 0.15) is 17.2 Å². The molecule has 2 aromatic carbocycles. The number of nitrogens with zero attached hydrogens (tertiary/aromatic N) is 1. The average molecular weight is 445 g/mol. The molecule has 2 aliphatic rings. The van der Waals surface area contributed by atoms with E-state index in [9.17, 15) is 9.59 Å². The Morgan fingerprint density at radius 3 is 2.22 bits per heavy atom. The van der Waals surface area contributed by atoms with Gasteiger partial charge in [0.15, 0.2) is 6.10 Å². The third-order valence-corrected chi connectivity index (χ3v) is 6.91. The first-order valence-electron chi connectivity index (χ1n) is 8.47. The SMILES string of the molecule is NC1C(=O)N2C(C(=O)OC(c3ccccc3)c3ccccc3)=C(Br)CS[C@H]12. The molecule has 0 radical (unpaired) electrons. The van der Waals surface area contributed by atoms with E-state index in [4.69, 9.17) is 10.5 Å². The molecule has 2 aromatic rings. The Morgan fingerprint density at radius 2 is 1.67 bits per heavy atom. The number of halogens is 1. The minimum absolute atomic E-state index is 0.215. The van der Waals surface area contributed by atoms with Gasteiger partial charge in [0.25, 0.3) is 0 Å². The number of β-lactam (4-membered cyclic amide) rings is 1. The summed E-state index contributed by atoms with van der Waals surface area (Å²) < 4.78 is 6.55. The Labute approximate surface area is 169 Å². The van der Waals surface area contributed by atoms with Gasteiger partial charge < -0.3 is 10.5 Å². The Morgan fingerprint density at radius 1 is 1.11 bits per heavy atom. The molecular weight excluding hydrogens is 428 g/mol. The highest BCUT2D eigenvalue weighted by Crippen LogP contribution is 2.42. The summed E-state index contributed by atoms with van der Waals surface area (Å²) in [5, 5.41) is -0.215. The number of fused-ring (bicyclic) bond motifs is 1. The van der Waals surface area contributed by atoms with Crippen LogP contribution >= 0.6 is 27.7 Å². The number of rotatable bonds is 4. The number of benzene rings is 2. The Kier molecular flexibility index (Phi) is 5.08. The molecule has 0 spiro atoms. The monoisotopic (exact) mass is 444 g/mol. The molecule has 0 aromatic heterocycles. The van der Waals surface area contributed by atoms with E-state index in [1.807, 2.05) is 60.7 Å². The molecule has 2 atom stereocenters. The molecule has 1 fully saturated rings. The van der Waals surface area contributed by atoms with Crippen molar-refractivity contribution in [3.63, 3.8) is 0 Å². The van der Waals surface area contributed by atoms with Crippen molar-refractivity contribution in [1.29, 1.82) is 0 Å². The minimum Gasteiger partial charge on any atom is -0.448 e. The molecule has 2 heterocycles. The van der Waals surface area contributed by atoms with Crippen LogP contribution in [-0.4, -0.2) is 33.9 Å². The first-order chi connectivity index (χ1) is 13.1. The van der Waals surface area contributed by atoms with Gasteiger partial charge in [-0.1, -0.05) is 76.6 Å². The van der Waals surface area contributed by atoms with E-state index in [1.165, 1.54) is 16.7 Å². The van der Waals surface area contributed by atoms with Crippen molar-refractivity contribution in [2.45, 2.75) is 17.5 Å². The topological polar surface area (TPSA) is 72.6 Å². The predicted octanol–water partition coefficient (Wildman–Crippen LogP) is 3.17. The fraction of sp³-hybridized carbons (Fsp3) is 0.200. The van der Waals surface area contributed by atoms with Crippen molar-refractivity contribution in [2.75, 3.05) is 5.75 Å². The van der Waals surface area contributed by atoms with Crippen molar-refractivity contribution in [3.05, 3.63) is 82.0 Å². The van der Waals surface area contributed by atoms with Crippen molar-refractivity contribution in [3.8, 4) is 0 Å². The summed E-state index contributed by atoms with van der Waals surface area (Å²) in [6, 6.07) is 18.5. The lowest BCUT2D eigenvalue weighted by molar-refractivity contribution is -0.152. The number of hydrogen-bond acceptors (Lipinski definition) is 5. The van der Waals surface area contributed by atoms with Crippen LogP contribution in [0.4, 0.5) is 0 Å². The van der Waals surface area contributed by atoms with Gasteiger partial charge in [-0.25, -0.2) is 4.79 Å². The lowest BCUT2D eigenvalue weighted by Gasteiger charge is -2.47. The number of hydrogen-bond donors (Lipinski definition) is 1. The maximum absolute atomic E-state index is 13.1. The van der Waals surface area contributed by atoms with Crippen LogP contribution in [0.15, 0.2) is 70.8 Å². The Bertz CT molecular complexity index is 864. The van der Waals surface area contributed by atoms with Crippen LogP contribution < -0.4 is 5.73 Å². The quantitative estimate of drug-likeness (QED) is 0.578. The summed E-state index contributed by atoms with van der Waals surface area (Å²) in [7, 11) is 0. The highest BCUT2D eigenvalue weighted by molar-refractivity contribution is 9.11. The smallest absolute Gasteiger partial charge is 0.356 e. The highest BCUT2D eigenvalue weighted by Gasteiger charge is 2.52. The van der Waals surface area contributed by atoms with Gasteiger partial charge in [-0.15, -0.1) is 11.8 Å². The second-order valence-corrected chi connectivity index (χ2v) is 8.36. The molecular formula is C20H17BrN2O3S. The zero-order chi connectivity index (χ0) is 19.0. The number of carbonyl (C=O) groups excluding carboxylic acids is 2. The number of thioether (sulfide) groups is 1. The van der Waals surface area contributed by atoms with Gasteiger partial charge in [0.1, 0.15) is 17.1 Å². The fourth-order valence-corrected chi connectivity index (χ4v) is 5.10. The van der Waals surface area contributed by atoms with Crippen molar-refractivity contribution in [2.24, 2.45) is 5.73 Å². The zero-order valence-electron chi connectivity index (χ0n) is 14.2. The highest BCUT2D eigenvalue weighted by atomic mass is 79.9. The Balaban J connectivity index is 1.65. The van der Waals surface area contributed by atoms with Crippen LogP contribution in [0.25, 0.3) is 0 Å². The number of nitrogens with two attached hydrogens (primary N) is 1. The van der Waals surface area contributed by atoms with E-state index in [1.54, 1.807) is 0 Å². The maximum atomic E-state index is 13.1. The summed E-state index contributed by atoms with van der Waals surface area (Å²) in [5.74, 6) is -0.217. The number of ether oxygens (including phenoxy) is 1. The molecule has 2 N–H and O–H groups in total. The van der Waals surface area contributed by atoms with Crippen LogP contribution in [-0.2, 0) is 14.3 Å². The van der Waals surface area contributed by atoms with Crippen molar-refractivity contribution in [1.82, 2.24) is 4.90 Å². The van der Waals surface area contributed by atoms with Crippen molar-refractivity contribution >= 4 is 39.6 Å². The van der Waals surface area contributed by atoms with Gasteiger partial charge in [-0.3, -0.25) is 9.69 Å². The van der Waals surface area contributed by atoms with Crippen LogP contribution in [0.2, 0.25) is 0 Å². The first-order valence-corrected chi connectivity index (χ1v) is 10.3. The second kappa shape index (κ2) is 7.50. The minimum atomic E-state index is -0.572. The lowest BCUT2D eigenvalue weighted by atomic mass is 10.0. The summed E-state index contributed by atoms with van der Waals surface area (Å²) in [6.45, 7) is 0. The van der Waals surface area contributed by atoms with E-state index >= 15 is 0 Å². The summed E-state index contributed by atoms with van der Waals surface area (Å²) in [4.78, 5) is 26.7. The fourth-order valence-electron chi connectivity index (χ4n) is 3.22. The summed E-state index contributed by atoms with van der Waals surface area (Å²) in [5.41, 5.74) is 7.84. The van der Waals surface area contributed by atoms with Crippen LogP contribution in [0.5, 0.6) is 0 Å². The van der Waals surface area contributed by atoms with Crippen LogP contribution in [0, 0.1) is 0 Å². The van der Waals surface area contributed by atoms with Gasteiger partial charge in [-0.2, -0.15) is 0 Å². The van der Waals surface area contributed by atoms with Gasteiger partial charge >= 0.3 is 5.97 Å². The number of esters is 1. The van der Waals surface area contributed by atoms with E-state index in [-0.39, 0.29) is 17.0 Å². The molecule has 0 bridgehead atoms. The lowest BCUT2D eigenvalue weighted by Crippen LogP contribution is -2.68. The third-order valence-electron chi connectivity index (χ3n) is 4.59. The molecule has 7 heteroatoms.